The van der Waals surface area contributed by atoms with Gasteiger partial charge in [-0.3, -0.25) is 4.90 Å². The number of piperazine rings is 1. The normalized spacial score (nSPS) is 16.4. The Hall–Kier alpha value is -2.10. The van der Waals surface area contributed by atoms with Gasteiger partial charge in [0.05, 0.1) is 7.11 Å². The summed E-state index contributed by atoms with van der Waals surface area (Å²) in [5, 5.41) is 0. The molecule has 0 aromatic heterocycles. The summed E-state index contributed by atoms with van der Waals surface area (Å²) in [5.74, 6) is -4.14. The van der Waals surface area contributed by atoms with Crippen LogP contribution in [0.15, 0.2) is 41.3 Å². The van der Waals surface area contributed by atoms with Crippen molar-refractivity contribution in [3.8, 4) is 5.75 Å². The number of methoxy groups -OCH3 is 1. The van der Waals surface area contributed by atoms with Crippen LogP contribution in [-0.2, 0) is 16.6 Å². The number of rotatable bonds is 5. The van der Waals surface area contributed by atoms with Crippen LogP contribution in [0.25, 0.3) is 0 Å². The zero-order chi connectivity index (χ0) is 19.6. The van der Waals surface area contributed by atoms with Crippen molar-refractivity contribution < 1.29 is 26.3 Å². The Morgan fingerprint density at radius 1 is 0.926 bits per heavy atom. The van der Waals surface area contributed by atoms with Crippen LogP contribution >= 0.6 is 0 Å². The molecule has 27 heavy (non-hydrogen) atoms. The summed E-state index contributed by atoms with van der Waals surface area (Å²) in [6, 6.07) is 8.93. The summed E-state index contributed by atoms with van der Waals surface area (Å²) in [6.45, 7) is 1.79. The Labute approximate surface area is 156 Å². The summed E-state index contributed by atoms with van der Waals surface area (Å²) >= 11 is 0. The van der Waals surface area contributed by atoms with Gasteiger partial charge in [0, 0.05) is 32.7 Å². The van der Waals surface area contributed by atoms with E-state index in [0.29, 0.717) is 25.7 Å². The van der Waals surface area contributed by atoms with Gasteiger partial charge in [-0.25, -0.2) is 21.6 Å². The lowest BCUT2D eigenvalue weighted by Crippen LogP contribution is -2.48. The number of halogens is 3. The molecule has 0 saturated carbocycles. The average molecular weight is 400 g/mol. The summed E-state index contributed by atoms with van der Waals surface area (Å²) < 4.78 is 71.7. The number of ether oxygens (including phenoxy) is 1. The second-order valence-corrected chi connectivity index (χ2v) is 8.11. The van der Waals surface area contributed by atoms with E-state index in [0.717, 1.165) is 21.7 Å². The second kappa shape index (κ2) is 7.87. The molecule has 1 heterocycles. The molecule has 146 valence electrons. The molecule has 9 heteroatoms. The highest BCUT2D eigenvalue weighted by molar-refractivity contribution is 7.89. The SMILES string of the molecule is COc1ccc(CN2CCN(S(=O)(=O)c3ccc(F)c(F)c3F)CC2)cc1. The van der Waals surface area contributed by atoms with Gasteiger partial charge in [0.2, 0.25) is 10.0 Å². The van der Waals surface area contributed by atoms with Gasteiger partial charge in [0.1, 0.15) is 10.6 Å². The number of sulfonamides is 1. The predicted molar refractivity (Wildman–Crippen MR) is 93.3 cm³/mol. The van der Waals surface area contributed by atoms with E-state index in [-0.39, 0.29) is 13.1 Å². The van der Waals surface area contributed by atoms with Gasteiger partial charge in [0.25, 0.3) is 0 Å². The lowest BCUT2D eigenvalue weighted by Gasteiger charge is -2.34. The fraction of sp³-hybridized carbons (Fsp3) is 0.333. The van der Waals surface area contributed by atoms with Crippen LogP contribution in [0.1, 0.15) is 5.56 Å². The minimum atomic E-state index is -4.23. The van der Waals surface area contributed by atoms with E-state index in [4.69, 9.17) is 4.74 Å². The lowest BCUT2D eigenvalue weighted by atomic mass is 10.2. The van der Waals surface area contributed by atoms with Gasteiger partial charge < -0.3 is 4.74 Å². The van der Waals surface area contributed by atoms with E-state index >= 15 is 0 Å². The van der Waals surface area contributed by atoms with Crippen LogP contribution in [0.2, 0.25) is 0 Å². The first-order valence-corrected chi connectivity index (χ1v) is 9.76. The summed E-state index contributed by atoms with van der Waals surface area (Å²) in [4.78, 5) is 1.22. The van der Waals surface area contributed by atoms with Gasteiger partial charge in [-0.15, -0.1) is 0 Å². The molecule has 2 aromatic rings. The number of benzene rings is 2. The molecule has 3 rings (SSSR count). The molecule has 0 aliphatic carbocycles. The van der Waals surface area contributed by atoms with E-state index in [9.17, 15) is 21.6 Å². The van der Waals surface area contributed by atoms with Gasteiger partial charge in [0.15, 0.2) is 17.5 Å². The zero-order valence-corrected chi connectivity index (χ0v) is 15.5. The molecule has 0 bridgehead atoms. The lowest BCUT2D eigenvalue weighted by molar-refractivity contribution is 0.181. The van der Waals surface area contributed by atoms with Crippen molar-refractivity contribution in [2.45, 2.75) is 11.4 Å². The maximum absolute atomic E-state index is 13.9. The molecular weight excluding hydrogens is 381 g/mol. The molecule has 1 aliphatic heterocycles. The molecule has 0 spiro atoms. The molecule has 0 N–H and O–H groups in total. The van der Waals surface area contributed by atoms with E-state index in [1.165, 1.54) is 0 Å². The molecular formula is C18H19F3N2O3S. The van der Waals surface area contributed by atoms with Crippen LogP contribution in [0.3, 0.4) is 0 Å². The standard InChI is InChI=1S/C18H19F3N2O3S/c1-26-14-4-2-13(3-5-14)12-22-8-10-23(11-9-22)27(24,25)16-7-6-15(19)17(20)18(16)21/h2-7H,8-12H2,1H3. The van der Waals surface area contributed by atoms with Crippen molar-refractivity contribution in [1.82, 2.24) is 9.21 Å². The largest absolute Gasteiger partial charge is 0.497 e. The van der Waals surface area contributed by atoms with Crippen LogP contribution < -0.4 is 4.74 Å². The summed E-state index contributed by atoms with van der Waals surface area (Å²) in [5.41, 5.74) is 1.05. The Bertz CT molecular complexity index is 912. The van der Waals surface area contributed by atoms with E-state index in [1.54, 1.807) is 7.11 Å². The van der Waals surface area contributed by atoms with Gasteiger partial charge in [-0.2, -0.15) is 4.31 Å². The highest BCUT2D eigenvalue weighted by atomic mass is 32.2. The minimum Gasteiger partial charge on any atom is -0.497 e. The van der Waals surface area contributed by atoms with Crippen molar-refractivity contribution in [2.24, 2.45) is 0 Å². The first-order chi connectivity index (χ1) is 12.8. The van der Waals surface area contributed by atoms with Crippen molar-refractivity contribution in [2.75, 3.05) is 33.3 Å². The maximum Gasteiger partial charge on any atom is 0.246 e. The number of hydrogen-bond donors (Lipinski definition) is 0. The number of nitrogens with zero attached hydrogens (tertiary/aromatic N) is 2. The van der Waals surface area contributed by atoms with Crippen molar-refractivity contribution in [3.63, 3.8) is 0 Å². The number of hydrogen-bond acceptors (Lipinski definition) is 4. The third-order valence-electron chi connectivity index (χ3n) is 4.51. The van der Waals surface area contributed by atoms with Crippen molar-refractivity contribution in [1.29, 1.82) is 0 Å². The average Bonchev–Trinajstić information content (AvgIpc) is 2.67. The molecule has 0 unspecified atom stereocenters. The fourth-order valence-corrected chi connectivity index (χ4v) is 4.44. The Balaban J connectivity index is 1.66. The maximum atomic E-state index is 13.9. The van der Waals surface area contributed by atoms with Gasteiger partial charge in [-0.05, 0) is 29.8 Å². The zero-order valence-electron chi connectivity index (χ0n) is 14.7. The van der Waals surface area contributed by atoms with Crippen LogP contribution in [0.5, 0.6) is 5.75 Å². The third-order valence-corrected chi connectivity index (χ3v) is 6.43. The summed E-state index contributed by atoms with van der Waals surface area (Å²) in [6.07, 6.45) is 0. The van der Waals surface area contributed by atoms with E-state index in [2.05, 4.69) is 4.90 Å². The highest BCUT2D eigenvalue weighted by Crippen LogP contribution is 2.24. The van der Waals surface area contributed by atoms with E-state index in [1.807, 2.05) is 24.3 Å². The molecule has 1 fully saturated rings. The Morgan fingerprint density at radius 2 is 1.56 bits per heavy atom. The van der Waals surface area contributed by atoms with Crippen LogP contribution in [-0.4, -0.2) is 50.9 Å². The Kier molecular flexibility index (Phi) is 5.73. The molecule has 0 amide bonds. The second-order valence-electron chi connectivity index (χ2n) is 6.20. The molecule has 1 saturated heterocycles. The molecule has 5 nitrogen and oxygen atoms in total. The smallest absolute Gasteiger partial charge is 0.246 e. The van der Waals surface area contributed by atoms with Gasteiger partial charge >= 0.3 is 0 Å². The van der Waals surface area contributed by atoms with Crippen molar-refractivity contribution >= 4 is 10.0 Å². The first kappa shape index (κ1) is 19.7. The minimum absolute atomic E-state index is 0.136. The topological polar surface area (TPSA) is 49.9 Å². The summed E-state index contributed by atoms with van der Waals surface area (Å²) in [7, 11) is -2.64. The first-order valence-electron chi connectivity index (χ1n) is 8.32. The molecule has 0 atom stereocenters. The Morgan fingerprint density at radius 3 is 2.15 bits per heavy atom. The van der Waals surface area contributed by atoms with Gasteiger partial charge in [-0.1, -0.05) is 12.1 Å². The third kappa shape index (κ3) is 4.10. The molecule has 2 aromatic carbocycles. The van der Waals surface area contributed by atoms with Crippen LogP contribution in [0, 0.1) is 17.5 Å². The van der Waals surface area contributed by atoms with E-state index < -0.39 is 32.4 Å². The highest BCUT2D eigenvalue weighted by Gasteiger charge is 2.32. The fourth-order valence-electron chi connectivity index (χ4n) is 2.96. The molecule has 0 radical (unpaired) electrons. The molecule has 1 aliphatic rings. The van der Waals surface area contributed by atoms with Crippen LogP contribution in [0.4, 0.5) is 13.2 Å². The van der Waals surface area contributed by atoms with Crippen molar-refractivity contribution in [3.05, 3.63) is 59.4 Å². The quantitative estimate of drug-likeness (QED) is 0.724. The monoisotopic (exact) mass is 400 g/mol. The predicted octanol–water partition coefficient (Wildman–Crippen LogP) is 2.62.